The molecule has 1 saturated heterocycles. The third kappa shape index (κ3) is 4.73. The van der Waals surface area contributed by atoms with Gasteiger partial charge in [0.25, 0.3) is 5.92 Å². The van der Waals surface area contributed by atoms with Crippen LogP contribution in [0.15, 0.2) is 30.5 Å². The average Bonchev–Trinajstić information content (AvgIpc) is 2.80. The Hall–Kier alpha value is -2.94. The maximum atomic E-state index is 14.9. The number of benzene rings is 1. The molecule has 9 heteroatoms. The lowest BCUT2D eigenvalue weighted by Gasteiger charge is -2.33. The molecule has 0 bridgehead atoms. The van der Waals surface area contributed by atoms with Crippen LogP contribution in [0.3, 0.4) is 0 Å². The molecule has 2 aromatic heterocycles. The highest BCUT2D eigenvalue weighted by Crippen LogP contribution is 2.34. The van der Waals surface area contributed by atoms with Gasteiger partial charge in [-0.15, -0.1) is 5.10 Å². The summed E-state index contributed by atoms with van der Waals surface area (Å²) < 4.78 is 48.0. The van der Waals surface area contributed by atoms with Gasteiger partial charge in [0.1, 0.15) is 5.82 Å². The number of nitrogens with zero attached hydrogens (tertiary/aromatic N) is 4. The Balaban J connectivity index is 1.69. The number of halogens is 3. The van der Waals surface area contributed by atoms with E-state index in [-0.39, 0.29) is 11.7 Å². The van der Waals surface area contributed by atoms with Crippen molar-refractivity contribution in [1.29, 1.82) is 0 Å². The molecular weight excluding hydrogens is 431 g/mol. The topological polar surface area (TPSA) is 63.2 Å². The minimum Gasteiger partial charge on any atom is -0.380 e. The number of aromatic nitrogens is 3. The lowest BCUT2D eigenvalue weighted by atomic mass is 10.0. The summed E-state index contributed by atoms with van der Waals surface area (Å²) in [4.78, 5) is 6.83. The number of ether oxygens (including phenoxy) is 1. The van der Waals surface area contributed by atoms with Gasteiger partial charge < -0.3 is 15.0 Å². The van der Waals surface area contributed by atoms with Crippen LogP contribution >= 0.6 is 0 Å². The van der Waals surface area contributed by atoms with E-state index in [1.54, 1.807) is 14.0 Å². The Labute approximate surface area is 191 Å². The van der Waals surface area contributed by atoms with Gasteiger partial charge in [0.2, 0.25) is 0 Å². The van der Waals surface area contributed by atoms with E-state index in [0.717, 1.165) is 43.1 Å². The summed E-state index contributed by atoms with van der Waals surface area (Å²) in [7, 11) is 1.72. The fourth-order valence-electron chi connectivity index (χ4n) is 4.30. The molecule has 4 rings (SSSR count). The zero-order valence-corrected chi connectivity index (χ0v) is 19.2. The van der Waals surface area contributed by atoms with Gasteiger partial charge >= 0.3 is 0 Å². The Kier molecular flexibility index (Phi) is 6.43. The van der Waals surface area contributed by atoms with Gasteiger partial charge in [-0.05, 0) is 32.8 Å². The highest BCUT2D eigenvalue weighted by atomic mass is 19.3. The van der Waals surface area contributed by atoms with Gasteiger partial charge in [-0.3, -0.25) is 4.98 Å². The van der Waals surface area contributed by atoms with Crippen molar-refractivity contribution in [1.82, 2.24) is 15.2 Å². The zero-order chi connectivity index (χ0) is 23.8. The van der Waals surface area contributed by atoms with Crippen molar-refractivity contribution in [2.45, 2.75) is 51.7 Å². The maximum Gasteiger partial charge on any atom is 0.273 e. The number of rotatable bonds is 6. The Morgan fingerprint density at radius 3 is 2.79 bits per heavy atom. The number of fused-ring (bicyclic) bond motifs is 1. The summed E-state index contributed by atoms with van der Waals surface area (Å²) in [5.41, 5.74) is 1.79. The highest BCUT2D eigenvalue weighted by Gasteiger charge is 2.30. The van der Waals surface area contributed by atoms with Crippen LogP contribution in [0.1, 0.15) is 49.6 Å². The Morgan fingerprint density at radius 2 is 2.06 bits per heavy atom. The number of piperidine rings is 1. The van der Waals surface area contributed by atoms with Crippen LogP contribution in [-0.2, 0) is 10.7 Å². The van der Waals surface area contributed by atoms with Crippen LogP contribution in [-0.4, -0.2) is 41.5 Å². The van der Waals surface area contributed by atoms with Gasteiger partial charge in [-0.25, -0.2) is 13.2 Å². The van der Waals surface area contributed by atoms with E-state index in [9.17, 15) is 13.2 Å². The molecule has 3 heterocycles. The second kappa shape index (κ2) is 9.13. The number of aryl methyl sites for hydroxylation is 1. The van der Waals surface area contributed by atoms with Gasteiger partial charge in [-0.1, -0.05) is 18.2 Å². The van der Waals surface area contributed by atoms with Crippen molar-refractivity contribution in [2.75, 3.05) is 30.4 Å². The van der Waals surface area contributed by atoms with E-state index in [4.69, 9.17) is 4.74 Å². The molecular formula is C24H28F3N5O. The van der Waals surface area contributed by atoms with E-state index >= 15 is 0 Å². The predicted octanol–water partition coefficient (Wildman–Crippen LogP) is 5.37. The number of anilines is 2. The molecule has 0 radical (unpaired) electrons. The van der Waals surface area contributed by atoms with E-state index in [0.29, 0.717) is 24.0 Å². The van der Waals surface area contributed by atoms with Crippen LogP contribution in [0.4, 0.5) is 24.7 Å². The van der Waals surface area contributed by atoms with E-state index in [1.807, 2.05) is 19.2 Å². The van der Waals surface area contributed by atoms with Crippen molar-refractivity contribution in [3.63, 3.8) is 0 Å². The summed E-state index contributed by atoms with van der Waals surface area (Å²) in [5.74, 6) is -3.78. The molecule has 3 aromatic rings. The fraction of sp³-hybridized carbons (Fsp3) is 0.458. The van der Waals surface area contributed by atoms with Crippen molar-refractivity contribution < 1.29 is 17.9 Å². The molecule has 1 N–H and O–H groups in total. The SMILES string of the molecule is CO[C@H]1CCCN(c2cnc3c(C)nnc(N[C@H](C)c4cccc(C(C)(F)F)c4F)c3c2)C1. The van der Waals surface area contributed by atoms with Gasteiger partial charge in [0, 0.05) is 38.1 Å². The summed E-state index contributed by atoms with van der Waals surface area (Å²) in [5, 5.41) is 12.3. The first-order valence-corrected chi connectivity index (χ1v) is 11.0. The number of nitrogens with one attached hydrogen (secondary N) is 1. The lowest BCUT2D eigenvalue weighted by molar-refractivity contribution is 0.0136. The standard InChI is InChI=1S/C24H28F3N5O/c1-14(18-8-5-9-20(21(18)25)24(3,26)27)29-23-19-11-16(12-28-22(19)15(2)30-31-23)32-10-6-7-17(13-32)33-4/h5,8-9,11-12,14,17H,6-7,10,13H2,1-4H3,(H,29,31)/t14-,17+/m1/s1. The lowest BCUT2D eigenvalue weighted by Crippen LogP contribution is -2.39. The molecule has 0 aliphatic carbocycles. The molecule has 1 fully saturated rings. The van der Waals surface area contributed by atoms with Crippen molar-refractivity contribution in [3.05, 3.63) is 53.1 Å². The Bertz CT molecular complexity index is 1150. The van der Waals surface area contributed by atoms with Gasteiger partial charge in [0.15, 0.2) is 5.82 Å². The minimum atomic E-state index is -3.27. The van der Waals surface area contributed by atoms with E-state index in [2.05, 4.69) is 25.4 Å². The monoisotopic (exact) mass is 459 g/mol. The Morgan fingerprint density at radius 1 is 1.27 bits per heavy atom. The molecule has 2 atom stereocenters. The van der Waals surface area contributed by atoms with E-state index < -0.39 is 23.3 Å². The highest BCUT2D eigenvalue weighted by molar-refractivity contribution is 5.92. The third-order valence-electron chi connectivity index (χ3n) is 6.17. The average molecular weight is 460 g/mol. The van der Waals surface area contributed by atoms with Crippen molar-refractivity contribution in [3.8, 4) is 0 Å². The number of hydrogen-bond acceptors (Lipinski definition) is 6. The maximum absolute atomic E-state index is 14.9. The summed E-state index contributed by atoms with van der Waals surface area (Å²) in [6, 6.07) is 5.40. The molecule has 0 spiro atoms. The van der Waals surface area contributed by atoms with Gasteiger partial charge in [0.05, 0.1) is 40.8 Å². The third-order valence-corrected chi connectivity index (χ3v) is 6.17. The molecule has 0 amide bonds. The molecule has 176 valence electrons. The molecule has 1 aromatic carbocycles. The predicted molar refractivity (Wildman–Crippen MR) is 122 cm³/mol. The first-order valence-electron chi connectivity index (χ1n) is 11.0. The molecule has 1 aliphatic heterocycles. The zero-order valence-electron chi connectivity index (χ0n) is 19.2. The quantitative estimate of drug-likeness (QED) is 0.535. The smallest absolute Gasteiger partial charge is 0.273 e. The summed E-state index contributed by atoms with van der Waals surface area (Å²) in [6.45, 7) is 5.88. The van der Waals surface area contributed by atoms with Gasteiger partial charge in [-0.2, -0.15) is 5.10 Å². The van der Waals surface area contributed by atoms with Crippen molar-refractivity contribution >= 4 is 22.4 Å². The number of pyridine rings is 1. The van der Waals surface area contributed by atoms with Crippen molar-refractivity contribution in [2.24, 2.45) is 0 Å². The second-order valence-corrected chi connectivity index (χ2v) is 8.63. The molecule has 33 heavy (non-hydrogen) atoms. The second-order valence-electron chi connectivity index (χ2n) is 8.63. The molecule has 0 unspecified atom stereocenters. The van der Waals surface area contributed by atoms with Crippen LogP contribution < -0.4 is 10.2 Å². The minimum absolute atomic E-state index is 0.132. The van der Waals surface area contributed by atoms with Crippen LogP contribution in [0.5, 0.6) is 0 Å². The summed E-state index contributed by atoms with van der Waals surface area (Å²) in [6.07, 6.45) is 4.01. The van der Waals surface area contributed by atoms with Crippen LogP contribution in [0.25, 0.3) is 10.9 Å². The largest absolute Gasteiger partial charge is 0.380 e. The molecule has 1 aliphatic rings. The molecule has 0 saturated carbocycles. The first-order chi connectivity index (χ1) is 15.7. The van der Waals surface area contributed by atoms with Crippen LogP contribution in [0.2, 0.25) is 0 Å². The fourth-order valence-corrected chi connectivity index (χ4v) is 4.30. The van der Waals surface area contributed by atoms with E-state index in [1.165, 1.54) is 12.1 Å². The van der Waals surface area contributed by atoms with Crippen LogP contribution in [0, 0.1) is 12.7 Å². The number of hydrogen-bond donors (Lipinski definition) is 1. The normalized spacial score (nSPS) is 17.9. The number of alkyl halides is 2. The first kappa shape index (κ1) is 23.2. The summed E-state index contributed by atoms with van der Waals surface area (Å²) >= 11 is 0. The number of methoxy groups -OCH3 is 1. The molecule has 6 nitrogen and oxygen atoms in total.